The van der Waals surface area contributed by atoms with Gasteiger partial charge in [-0.25, -0.2) is 15.0 Å². The molecule has 47 heavy (non-hydrogen) atoms. The summed E-state index contributed by atoms with van der Waals surface area (Å²) in [4.78, 5) is 14.4. The van der Waals surface area contributed by atoms with Crippen molar-refractivity contribution in [3.05, 3.63) is 151 Å². The van der Waals surface area contributed by atoms with Gasteiger partial charge in [-0.3, -0.25) is 0 Å². The third-order valence-electron chi connectivity index (χ3n) is 10.4. The number of benzene rings is 8. The van der Waals surface area contributed by atoms with Crippen molar-refractivity contribution >= 4 is 53.9 Å². The molecule has 0 N–H and O–H groups in total. The van der Waals surface area contributed by atoms with Crippen LogP contribution in [-0.2, 0) is 5.41 Å². The highest BCUT2D eigenvalue weighted by Gasteiger charge is 2.35. The molecule has 9 aromatic rings. The normalized spacial score (nSPS) is 13.5. The molecule has 1 aliphatic rings. The van der Waals surface area contributed by atoms with Gasteiger partial charge in [0.2, 0.25) is 0 Å². The highest BCUT2D eigenvalue weighted by atomic mass is 15.0. The van der Waals surface area contributed by atoms with E-state index in [0.29, 0.717) is 11.6 Å². The third-order valence-corrected chi connectivity index (χ3v) is 10.4. The summed E-state index contributed by atoms with van der Waals surface area (Å²) in [6.07, 6.45) is 1.65. The summed E-state index contributed by atoms with van der Waals surface area (Å²) >= 11 is 0. The molecular formula is C44H29N3. The molecule has 0 saturated heterocycles. The SMILES string of the molecule is CC1(C)c2ccccc2-c2ccc(-c3ncnc(-c4ccc5c6ccccc6c6c7ccccc7c7ccccc7c6c5c4)n3)cc21. The summed E-state index contributed by atoms with van der Waals surface area (Å²) in [7, 11) is 0. The minimum atomic E-state index is -0.0904. The van der Waals surface area contributed by atoms with Crippen molar-refractivity contribution in [3.63, 3.8) is 0 Å². The zero-order valence-corrected chi connectivity index (χ0v) is 26.1. The Labute approximate surface area is 272 Å². The second kappa shape index (κ2) is 9.54. The standard InChI is InChI=1S/C44H29N3/c1-44(2)38-18-10-9-14-32(38)33-22-20-27(24-39(33)44)43-46-25-45-42(47-43)26-19-21-31-30-13-5-7-16-35(30)40-34-15-6-3-11-28(34)29-12-4-8-17-36(29)41(40)37(31)23-26/h3-25H,1-2H3. The van der Waals surface area contributed by atoms with Crippen molar-refractivity contribution < 1.29 is 0 Å². The molecule has 0 bridgehead atoms. The fourth-order valence-electron chi connectivity index (χ4n) is 8.18. The van der Waals surface area contributed by atoms with Gasteiger partial charge in [-0.1, -0.05) is 135 Å². The van der Waals surface area contributed by atoms with Crippen molar-refractivity contribution in [1.82, 2.24) is 15.0 Å². The monoisotopic (exact) mass is 599 g/mol. The van der Waals surface area contributed by atoms with Gasteiger partial charge in [-0.2, -0.15) is 0 Å². The quantitative estimate of drug-likeness (QED) is 0.186. The van der Waals surface area contributed by atoms with Crippen LogP contribution in [0.1, 0.15) is 25.0 Å². The molecule has 0 spiro atoms. The summed E-state index contributed by atoms with van der Waals surface area (Å²) < 4.78 is 0. The topological polar surface area (TPSA) is 38.7 Å². The zero-order chi connectivity index (χ0) is 31.3. The maximum atomic E-state index is 5.07. The van der Waals surface area contributed by atoms with E-state index in [1.807, 2.05) is 0 Å². The van der Waals surface area contributed by atoms with Gasteiger partial charge in [-0.15, -0.1) is 0 Å². The minimum absolute atomic E-state index is 0.0904. The molecule has 1 aromatic heterocycles. The van der Waals surface area contributed by atoms with Crippen LogP contribution in [0.25, 0.3) is 87.8 Å². The first-order chi connectivity index (χ1) is 23.1. The van der Waals surface area contributed by atoms with E-state index in [2.05, 4.69) is 152 Å². The number of nitrogens with zero attached hydrogens (tertiary/aromatic N) is 3. The zero-order valence-electron chi connectivity index (χ0n) is 26.1. The first-order valence-corrected chi connectivity index (χ1v) is 16.2. The third kappa shape index (κ3) is 3.65. The Hall–Kier alpha value is -5.93. The average Bonchev–Trinajstić information content (AvgIpc) is 3.36. The average molecular weight is 600 g/mol. The molecule has 3 heteroatoms. The lowest BCUT2D eigenvalue weighted by molar-refractivity contribution is 0.660. The molecule has 3 nitrogen and oxygen atoms in total. The van der Waals surface area contributed by atoms with E-state index in [1.165, 1.54) is 76.1 Å². The lowest BCUT2D eigenvalue weighted by Gasteiger charge is -2.21. The lowest BCUT2D eigenvalue weighted by Crippen LogP contribution is -2.15. The number of aromatic nitrogens is 3. The van der Waals surface area contributed by atoms with Crippen LogP contribution in [0.5, 0.6) is 0 Å². The highest BCUT2D eigenvalue weighted by Crippen LogP contribution is 2.49. The van der Waals surface area contributed by atoms with Crippen molar-refractivity contribution in [2.45, 2.75) is 19.3 Å². The van der Waals surface area contributed by atoms with E-state index in [4.69, 9.17) is 9.97 Å². The summed E-state index contributed by atoms with van der Waals surface area (Å²) in [6.45, 7) is 4.60. The van der Waals surface area contributed by atoms with Crippen LogP contribution in [0.4, 0.5) is 0 Å². The van der Waals surface area contributed by atoms with Gasteiger partial charge in [0.1, 0.15) is 6.33 Å². The Kier molecular flexibility index (Phi) is 5.34. The molecule has 0 fully saturated rings. The van der Waals surface area contributed by atoms with Crippen LogP contribution in [0, 0.1) is 0 Å². The first-order valence-electron chi connectivity index (χ1n) is 16.2. The Morgan fingerprint density at radius 1 is 0.404 bits per heavy atom. The Balaban J connectivity index is 1.21. The Bertz CT molecular complexity index is 2760. The van der Waals surface area contributed by atoms with Gasteiger partial charge in [-0.05, 0) is 88.2 Å². The van der Waals surface area contributed by atoms with Crippen LogP contribution in [0.15, 0.2) is 140 Å². The molecule has 10 rings (SSSR count). The van der Waals surface area contributed by atoms with Gasteiger partial charge >= 0.3 is 0 Å². The molecule has 8 aromatic carbocycles. The Morgan fingerprint density at radius 2 is 0.872 bits per heavy atom. The number of fused-ring (bicyclic) bond motifs is 14. The minimum Gasteiger partial charge on any atom is -0.217 e. The van der Waals surface area contributed by atoms with E-state index in [9.17, 15) is 0 Å². The van der Waals surface area contributed by atoms with Crippen molar-refractivity contribution in [1.29, 1.82) is 0 Å². The maximum Gasteiger partial charge on any atom is 0.163 e. The molecule has 0 aliphatic heterocycles. The number of rotatable bonds is 2. The van der Waals surface area contributed by atoms with E-state index < -0.39 is 0 Å². The lowest BCUT2D eigenvalue weighted by atomic mass is 9.82. The maximum absolute atomic E-state index is 5.07. The van der Waals surface area contributed by atoms with Gasteiger partial charge < -0.3 is 0 Å². The number of hydrogen-bond acceptors (Lipinski definition) is 3. The predicted molar refractivity (Wildman–Crippen MR) is 196 cm³/mol. The van der Waals surface area contributed by atoms with Crippen molar-refractivity contribution in [2.24, 2.45) is 0 Å². The molecular weight excluding hydrogens is 571 g/mol. The second-order valence-corrected chi connectivity index (χ2v) is 13.2. The summed E-state index contributed by atoms with van der Waals surface area (Å²) in [6, 6.07) is 48.5. The predicted octanol–water partition coefficient (Wildman–Crippen LogP) is 11.3. The van der Waals surface area contributed by atoms with Crippen LogP contribution in [0.3, 0.4) is 0 Å². The van der Waals surface area contributed by atoms with Crippen LogP contribution in [0.2, 0.25) is 0 Å². The fourth-order valence-corrected chi connectivity index (χ4v) is 8.18. The fraction of sp³-hybridized carbons (Fsp3) is 0.0682. The molecule has 0 radical (unpaired) electrons. The first kappa shape index (κ1) is 26.3. The van der Waals surface area contributed by atoms with E-state index >= 15 is 0 Å². The molecule has 0 atom stereocenters. The summed E-state index contributed by atoms with van der Waals surface area (Å²) in [5.74, 6) is 1.36. The summed E-state index contributed by atoms with van der Waals surface area (Å²) in [5, 5.41) is 12.6. The van der Waals surface area contributed by atoms with Crippen LogP contribution < -0.4 is 0 Å². The van der Waals surface area contributed by atoms with Gasteiger partial charge in [0, 0.05) is 16.5 Å². The molecule has 0 saturated carbocycles. The van der Waals surface area contributed by atoms with Gasteiger partial charge in [0.15, 0.2) is 11.6 Å². The van der Waals surface area contributed by atoms with Crippen LogP contribution in [-0.4, -0.2) is 15.0 Å². The van der Waals surface area contributed by atoms with E-state index in [0.717, 1.165) is 11.1 Å². The summed E-state index contributed by atoms with van der Waals surface area (Å²) in [5.41, 5.74) is 7.16. The van der Waals surface area contributed by atoms with Crippen molar-refractivity contribution in [3.8, 4) is 33.9 Å². The second-order valence-electron chi connectivity index (χ2n) is 13.2. The van der Waals surface area contributed by atoms with E-state index in [-0.39, 0.29) is 5.41 Å². The molecule has 1 aliphatic carbocycles. The molecule has 0 amide bonds. The highest BCUT2D eigenvalue weighted by molar-refractivity contribution is 6.39. The van der Waals surface area contributed by atoms with Gasteiger partial charge in [0.25, 0.3) is 0 Å². The number of hydrogen-bond donors (Lipinski definition) is 0. The van der Waals surface area contributed by atoms with E-state index in [1.54, 1.807) is 6.33 Å². The largest absolute Gasteiger partial charge is 0.217 e. The smallest absolute Gasteiger partial charge is 0.163 e. The molecule has 220 valence electrons. The van der Waals surface area contributed by atoms with Gasteiger partial charge in [0.05, 0.1) is 0 Å². The Morgan fingerprint density at radius 3 is 1.51 bits per heavy atom. The molecule has 1 heterocycles. The molecule has 0 unspecified atom stereocenters. The van der Waals surface area contributed by atoms with Crippen LogP contribution >= 0.6 is 0 Å². The van der Waals surface area contributed by atoms with Crippen molar-refractivity contribution in [2.75, 3.05) is 0 Å².